The fraction of sp³-hybridized carbons (Fsp3) is 0.333. The second kappa shape index (κ2) is 7.63. The second-order valence-electron chi connectivity index (χ2n) is 5.14. The summed E-state index contributed by atoms with van der Waals surface area (Å²) in [7, 11) is 4.05. The van der Waals surface area contributed by atoms with E-state index in [2.05, 4.69) is 25.5 Å². The lowest BCUT2D eigenvalue weighted by molar-refractivity contribution is 0.425. The van der Waals surface area contributed by atoms with Gasteiger partial charge in [0.15, 0.2) is 0 Å². The molecular formula is C15H19Cl2N5. The van der Waals surface area contributed by atoms with Crippen molar-refractivity contribution in [2.24, 2.45) is 0 Å². The Morgan fingerprint density at radius 1 is 1.09 bits per heavy atom. The largest absolute Gasteiger partial charge is 0.369 e. The number of nitrogens with one attached hydrogen (secondary N) is 2. The Morgan fingerprint density at radius 2 is 1.73 bits per heavy atom. The lowest BCUT2D eigenvalue weighted by Crippen LogP contribution is -2.21. The van der Waals surface area contributed by atoms with Crippen LogP contribution in [0.2, 0.25) is 10.0 Å². The predicted octanol–water partition coefficient (Wildman–Crippen LogP) is 3.81. The third kappa shape index (κ3) is 4.73. The van der Waals surface area contributed by atoms with Crippen LogP contribution < -0.4 is 10.6 Å². The van der Waals surface area contributed by atoms with Crippen molar-refractivity contribution in [3.8, 4) is 0 Å². The summed E-state index contributed by atoms with van der Waals surface area (Å²) < 4.78 is 0. The van der Waals surface area contributed by atoms with Crippen molar-refractivity contribution >= 4 is 40.5 Å². The summed E-state index contributed by atoms with van der Waals surface area (Å²) in [6.45, 7) is 3.56. The molecule has 22 heavy (non-hydrogen) atoms. The van der Waals surface area contributed by atoms with Crippen LogP contribution in [0.15, 0.2) is 24.3 Å². The third-order valence-corrected chi connectivity index (χ3v) is 3.55. The highest BCUT2D eigenvalue weighted by molar-refractivity contribution is 6.39. The monoisotopic (exact) mass is 339 g/mol. The normalized spacial score (nSPS) is 10.8. The first-order chi connectivity index (χ1) is 10.5. The maximum atomic E-state index is 6.17. The molecule has 0 aliphatic rings. The van der Waals surface area contributed by atoms with E-state index in [0.29, 0.717) is 27.4 Å². The molecule has 2 rings (SSSR count). The quantitative estimate of drug-likeness (QED) is 0.838. The molecule has 0 spiro atoms. The predicted molar refractivity (Wildman–Crippen MR) is 93.6 cm³/mol. The van der Waals surface area contributed by atoms with Gasteiger partial charge >= 0.3 is 0 Å². The molecule has 0 fully saturated rings. The molecule has 0 unspecified atom stereocenters. The number of hydrogen-bond acceptors (Lipinski definition) is 5. The number of aromatic nitrogens is 2. The van der Waals surface area contributed by atoms with E-state index >= 15 is 0 Å². The summed E-state index contributed by atoms with van der Waals surface area (Å²) in [6.07, 6.45) is 0. The zero-order valence-electron chi connectivity index (χ0n) is 12.8. The number of hydrogen-bond donors (Lipinski definition) is 2. The Labute approximate surface area is 140 Å². The Kier molecular flexibility index (Phi) is 5.83. The summed E-state index contributed by atoms with van der Waals surface area (Å²) in [5, 5.41) is 7.52. The number of halogens is 2. The minimum Gasteiger partial charge on any atom is -0.369 e. The number of benzene rings is 1. The van der Waals surface area contributed by atoms with E-state index in [4.69, 9.17) is 23.2 Å². The van der Waals surface area contributed by atoms with Gasteiger partial charge in [-0.15, -0.1) is 0 Å². The van der Waals surface area contributed by atoms with E-state index in [0.717, 1.165) is 18.9 Å². The summed E-state index contributed by atoms with van der Waals surface area (Å²) in [5.41, 5.74) is 0.642. The summed E-state index contributed by atoms with van der Waals surface area (Å²) in [5.74, 6) is 2.08. The van der Waals surface area contributed by atoms with E-state index in [1.165, 1.54) is 0 Å². The number of rotatable bonds is 6. The summed E-state index contributed by atoms with van der Waals surface area (Å²) >= 11 is 12.3. The second-order valence-corrected chi connectivity index (χ2v) is 5.95. The van der Waals surface area contributed by atoms with E-state index in [1.807, 2.05) is 27.1 Å². The van der Waals surface area contributed by atoms with Gasteiger partial charge in [-0.25, -0.2) is 9.97 Å². The van der Waals surface area contributed by atoms with Crippen LogP contribution in [0.5, 0.6) is 0 Å². The van der Waals surface area contributed by atoms with Gasteiger partial charge in [-0.2, -0.15) is 0 Å². The van der Waals surface area contributed by atoms with Gasteiger partial charge in [0.1, 0.15) is 17.5 Å². The van der Waals surface area contributed by atoms with Gasteiger partial charge in [0.2, 0.25) is 0 Å². The fourth-order valence-corrected chi connectivity index (χ4v) is 2.37. The Balaban J connectivity index is 2.16. The van der Waals surface area contributed by atoms with Gasteiger partial charge in [-0.1, -0.05) is 29.3 Å². The van der Waals surface area contributed by atoms with E-state index in [1.54, 1.807) is 18.2 Å². The zero-order valence-corrected chi connectivity index (χ0v) is 14.3. The van der Waals surface area contributed by atoms with Crippen molar-refractivity contribution in [1.29, 1.82) is 0 Å². The van der Waals surface area contributed by atoms with Crippen LogP contribution in [-0.2, 0) is 0 Å². The Hall–Kier alpha value is -1.56. The highest BCUT2D eigenvalue weighted by Gasteiger charge is 2.08. The van der Waals surface area contributed by atoms with E-state index in [-0.39, 0.29) is 0 Å². The van der Waals surface area contributed by atoms with Gasteiger partial charge in [0, 0.05) is 19.2 Å². The van der Waals surface area contributed by atoms with Crippen molar-refractivity contribution in [2.45, 2.75) is 6.92 Å². The number of aryl methyl sites for hydroxylation is 1. The van der Waals surface area contributed by atoms with Crippen molar-refractivity contribution in [2.75, 3.05) is 37.8 Å². The topological polar surface area (TPSA) is 53.1 Å². The minimum absolute atomic E-state index is 0.547. The van der Waals surface area contributed by atoms with Crippen molar-refractivity contribution < 1.29 is 0 Å². The van der Waals surface area contributed by atoms with Gasteiger partial charge in [-0.3, -0.25) is 0 Å². The molecular weight excluding hydrogens is 321 g/mol. The molecule has 7 heteroatoms. The Bertz CT molecular complexity index is 626. The van der Waals surface area contributed by atoms with Crippen LogP contribution in [0.4, 0.5) is 17.3 Å². The molecule has 1 aromatic heterocycles. The number of likely N-dealkylation sites (N-methyl/N-ethyl adjacent to an activating group) is 1. The smallest absolute Gasteiger partial charge is 0.136 e. The van der Waals surface area contributed by atoms with Gasteiger partial charge in [-0.05, 0) is 33.2 Å². The number of para-hydroxylation sites is 1. The molecule has 0 radical (unpaired) electrons. The van der Waals surface area contributed by atoms with Crippen molar-refractivity contribution in [3.05, 3.63) is 40.1 Å². The molecule has 1 heterocycles. The van der Waals surface area contributed by atoms with Crippen LogP contribution in [-0.4, -0.2) is 42.1 Å². The molecule has 1 aromatic carbocycles. The first-order valence-corrected chi connectivity index (χ1v) is 7.66. The van der Waals surface area contributed by atoms with E-state index < -0.39 is 0 Å². The SMILES string of the molecule is Cc1nc(NCCN(C)C)cc(Nc2c(Cl)cccc2Cl)n1. The molecule has 0 atom stereocenters. The molecule has 0 saturated carbocycles. The molecule has 118 valence electrons. The van der Waals surface area contributed by atoms with Crippen LogP contribution in [0, 0.1) is 6.92 Å². The molecule has 0 saturated heterocycles. The molecule has 0 amide bonds. The highest BCUT2D eigenvalue weighted by Crippen LogP contribution is 2.32. The number of nitrogens with zero attached hydrogens (tertiary/aromatic N) is 3. The standard InChI is InChI=1S/C15H19Cl2N5/c1-10-19-13(18-7-8-22(2)3)9-14(20-10)21-15-11(16)5-4-6-12(15)17/h4-6,9H,7-8H2,1-3H3,(H2,18,19,20,21). The van der Waals surface area contributed by atoms with Gasteiger partial charge in [0.05, 0.1) is 15.7 Å². The lowest BCUT2D eigenvalue weighted by Gasteiger charge is -2.13. The maximum Gasteiger partial charge on any atom is 0.136 e. The fourth-order valence-electron chi connectivity index (χ4n) is 1.88. The van der Waals surface area contributed by atoms with Gasteiger partial charge < -0.3 is 15.5 Å². The maximum absolute atomic E-state index is 6.17. The first-order valence-electron chi connectivity index (χ1n) is 6.91. The van der Waals surface area contributed by atoms with Crippen molar-refractivity contribution in [3.63, 3.8) is 0 Å². The average molecular weight is 340 g/mol. The summed E-state index contributed by atoms with van der Waals surface area (Å²) in [4.78, 5) is 10.8. The van der Waals surface area contributed by atoms with Crippen molar-refractivity contribution in [1.82, 2.24) is 14.9 Å². The number of anilines is 3. The first kappa shape index (κ1) is 16.8. The van der Waals surface area contributed by atoms with Crippen LogP contribution in [0.1, 0.15) is 5.82 Å². The van der Waals surface area contributed by atoms with Gasteiger partial charge in [0.25, 0.3) is 0 Å². The third-order valence-electron chi connectivity index (χ3n) is 2.92. The van der Waals surface area contributed by atoms with Crippen LogP contribution >= 0.6 is 23.2 Å². The minimum atomic E-state index is 0.547. The van der Waals surface area contributed by atoms with Crippen LogP contribution in [0.3, 0.4) is 0 Å². The molecule has 0 aliphatic carbocycles. The van der Waals surface area contributed by atoms with Crippen LogP contribution in [0.25, 0.3) is 0 Å². The molecule has 2 N–H and O–H groups in total. The van der Waals surface area contributed by atoms with E-state index in [9.17, 15) is 0 Å². The highest BCUT2D eigenvalue weighted by atomic mass is 35.5. The lowest BCUT2D eigenvalue weighted by atomic mass is 10.3. The average Bonchev–Trinajstić information content (AvgIpc) is 2.42. The summed E-state index contributed by atoms with van der Waals surface area (Å²) in [6, 6.07) is 7.19. The zero-order chi connectivity index (χ0) is 16.1. The molecule has 2 aromatic rings. The molecule has 5 nitrogen and oxygen atoms in total. The molecule has 0 bridgehead atoms. The Morgan fingerprint density at radius 3 is 2.36 bits per heavy atom. The molecule has 0 aliphatic heterocycles.